The Morgan fingerprint density at radius 1 is 1.29 bits per heavy atom. The first-order valence-corrected chi connectivity index (χ1v) is 6.40. The van der Waals surface area contributed by atoms with E-state index in [2.05, 4.69) is 0 Å². The number of carboxylic acid groups (broad SMARTS) is 1. The third-order valence-corrected chi connectivity index (χ3v) is 3.47. The van der Waals surface area contributed by atoms with E-state index in [0.717, 1.165) is 0 Å². The molecule has 1 fully saturated rings. The summed E-state index contributed by atoms with van der Waals surface area (Å²) in [6.45, 7) is -0.803. The van der Waals surface area contributed by atoms with Crippen molar-refractivity contribution in [2.75, 3.05) is 6.54 Å². The first-order valence-electron chi connectivity index (χ1n) is 5.58. The van der Waals surface area contributed by atoms with E-state index in [1.54, 1.807) is 0 Å². The maximum atomic E-state index is 11.8. The summed E-state index contributed by atoms with van der Waals surface area (Å²) in [7, 11) is 0. The van der Waals surface area contributed by atoms with Crippen molar-refractivity contribution in [1.29, 1.82) is 0 Å². The number of non-ortho nitro benzene ring substituents is 1. The van der Waals surface area contributed by atoms with Crippen LogP contribution in [0.2, 0.25) is 0 Å². The number of carboxylic acids is 1. The molecule has 2 rings (SSSR count). The maximum absolute atomic E-state index is 11.8. The third-order valence-electron chi connectivity index (χ3n) is 2.56. The number of imide groups is 1. The van der Waals surface area contributed by atoms with Crippen LogP contribution < -0.4 is 5.11 Å². The topological polar surface area (TPSA) is 121 Å². The van der Waals surface area contributed by atoms with Gasteiger partial charge in [0.1, 0.15) is 0 Å². The van der Waals surface area contributed by atoms with Crippen LogP contribution in [-0.2, 0) is 9.59 Å². The fourth-order valence-corrected chi connectivity index (χ4v) is 2.45. The van der Waals surface area contributed by atoms with Crippen LogP contribution in [0.15, 0.2) is 29.2 Å². The zero-order valence-electron chi connectivity index (χ0n) is 10.3. The molecule has 0 spiro atoms. The number of rotatable bonds is 4. The summed E-state index contributed by atoms with van der Waals surface area (Å²) in [6.07, 6.45) is 1.36. The van der Waals surface area contributed by atoms with Gasteiger partial charge in [0, 0.05) is 12.1 Å². The van der Waals surface area contributed by atoms with Gasteiger partial charge in [-0.1, -0.05) is 0 Å². The van der Waals surface area contributed by atoms with Crippen molar-refractivity contribution in [1.82, 2.24) is 4.90 Å². The second-order valence-corrected chi connectivity index (χ2v) is 4.98. The summed E-state index contributed by atoms with van der Waals surface area (Å²) in [6, 6.07) is 5.37. The van der Waals surface area contributed by atoms with Crippen LogP contribution in [0.5, 0.6) is 0 Å². The van der Waals surface area contributed by atoms with Gasteiger partial charge in [-0.25, -0.2) is 0 Å². The fraction of sp³-hybridized carbons (Fsp3) is 0.0833. The normalized spacial score (nSPS) is 16.6. The largest absolute Gasteiger partial charge is 0.548 e. The van der Waals surface area contributed by atoms with Crippen molar-refractivity contribution in [3.63, 3.8) is 0 Å². The molecule has 0 atom stereocenters. The molecule has 0 aliphatic carbocycles. The van der Waals surface area contributed by atoms with Gasteiger partial charge >= 0.3 is 0 Å². The molecule has 1 saturated heterocycles. The number of carbonyl (C=O) groups excluding carboxylic acids is 3. The molecule has 1 aliphatic rings. The fourth-order valence-electron chi connectivity index (χ4n) is 1.61. The summed E-state index contributed by atoms with van der Waals surface area (Å²) in [5.74, 6) is -2.26. The Morgan fingerprint density at radius 2 is 1.90 bits per heavy atom. The van der Waals surface area contributed by atoms with Gasteiger partial charge in [-0.3, -0.25) is 24.6 Å². The summed E-state index contributed by atoms with van der Waals surface area (Å²) in [5, 5.41) is 20.3. The molecule has 1 aromatic carbocycles. The Morgan fingerprint density at radius 3 is 2.43 bits per heavy atom. The molecule has 0 bridgehead atoms. The minimum atomic E-state index is -1.53. The molecule has 2 amide bonds. The van der Waals surface area contributed by atoms with Crippen LogP contribution in [0.3, 0.4) is 0 Å². The van der Waals surface area contributed by atoms with Crippen molar-refractivity contribution in [3.05, 3.63) is 44.8 Å². The number of benzene rings is 1. The maximum Gasteiger partial charge on any atom is 0.293 e. The van der Waals surface area contributed by atoms with Crippen LogP contribution in [0.4, 0.5) is 10.5 Å². The molecule has 0 saturated carbocycles. The van der Waals surface area contributed by atoms with Crippen molar-refractivity contribution in [3.8, 4) is 0 Å². The molecular formula is C12H7N2O6S-. The summed E-state index contributed by atoms with van der Waals surface area (Å²) < 4.78 is 0. The third kappa shape index (κ3) is 3.26. The van der Waals surface area contributed by atoms with Crippen LogP contribution in [-0.4, -0.2) is 33.5 Å². The quantitative estimate of drug-likeness (QED) is 0.448. The molecular weight excluding hydrogens is 300 g/mol. The highest BCUT2D eigenvalue weighted by Gasteiger charge is 2.34. The lowest BCUT2D eigenvalue weighted by Gasteiger charge is -2.12. The van der Waals surface area contributed by atoms with Gasteiger partial charge in [0.2, 0.25) is 0 Å². The van der Waals surface area contributed by atoms with Gasteiger partial charge < -0.3 is 9.90 Å². The number of aliphatic carboxylic acids is 1. The number of thioether (sulfide) groups is 1. The van der Waals surface area contributed by atoms with Gasteiger partial charge in [-0.2, -0.15) is 0 Å². The van der Waals surface area contributed by atoms with E-state index < -0.39 is 28.6 Å². The molecule has 9 heteroatoms. The number of carbonyl (C=O) groups is 3. The van der Waals surface area contributed by atoms with E-state index in [1.165, 1.54) is 30.3 Å². The SMILES string of the molecule is O=C([O-])CN1C(=O)S/C(=C/c2ccc([N+](=O)[O-])cc2)C1=O. The molecule has 108 valence electrons. The lowest BCUT2D eigenvalue weighted by molar-refractivity contribution is -0.384. The van der Waals surface area contributed by atoms with E-state index in [9.17, 15) is 29.6 Å². The molecule has 0 unspecified atom stereocenters. The van der Waals surface area contributed by atoms with E-state index in [0.29, 0.717) is 22.2 Å². The molecule has 1 heterocycles. The lowest BCUT2D eigenvalue weighted by Crippen LogP contribution is -2.40. The Bertz CT molecular complexity index is 667. The molecule has 1 aromatic rings. The first-order chi connectivity index (χ1) is 9.88. The number of amides is 2. The standard InChI is InChI=1S/C12H8N2O6S/c15-10(16)6-13-11(17)9(21-12(13)18)5-7-1-3-8(4-2-7)14(19)20/h1-5H,6H2,(H,15,16)/p-1/b9-5+. The zero-order chi connectivity index (χ0) is 15.6. The van der Waals surface area contributed by atoms with Gasteiger partial charge in [-0.15, -0.1) is 0 Å². The van der Waals surface area contributed by atoms with Crippen molar-refractivity contribution in [2.45, 2.75) is 0 Å². The van der Waals surface area contributed by atoms with Crippen LogP contribution in [0.25, 0.3) is 6.08 Å². The molecule has 0 radical (unpaired) electrons. The lowest BCUT2D eigenvalue weighted by atomic mass is 10.2. The highest BCUT2D eigenvalue weighted by Crippen LogP contribution is 2.32. The average molecular weight is 307 g/mol. The summed E-state index contributed by atoms with van der Waals surface area (Å²) in [5.41, 5.74) is 0.386. The second kappa shape index (κ2) is 5.75. The van der Waals surface area contributed by atoms with Gasteiger partial charge in [0.25, 0.3) is 16.8 Å². The van der Waals surface area contributed by atoms with Gasteiger partial charge in [0.05, 0.1) is 22.3 Å². The van der Waals surface area contributed by atoms with Crippen LogP contribution in [0.1, 0.15) is 5.56 Å². The molecule has 8 nitrogen and oxygen atoms in total. The van der Waals surface area contributed by atoms with E-state index in [4.69, 9.17) is 0 Å². The first kappa shape index (κ1) is 14.7. The molecule has 1 aliphatic heterocycles. The Labute approximate surface area is 122 Å². The van der Waals surface area contributed by atoms with E-state index in [1.807, 2.05) is 0 Å². The van der Waals surface area contributed by atoms with E-state index >= 15 is 0 Å². The minimum absolute atomic E-state index is 0.0510. The number of nitro benzene ring substituents is 1. The number of nitro groups is 1. The Balaban J connectivity index is 2.22. The monoisotopic (exact) mass is 307 g/mol. The van der Waals surface area contributed by atoms with Gasteiger partial charge in [-0.05, 0) is 35.5 Å². The highest BCUT2D eigenvalue weighted by molar-refractivity contribution is 8.18. The van der Waals surface area contributed by atoms with Crippen LogP contribution >= 0.6 is 11.8 Å². The smallest absolute Gasteiger partial charge is 0.293 e. The van der Waals surface area contributed by atoms with E-state index in [-0.39, 0.29) is 10.6 Å². The van der Waals surface area contributed by atoms with Crippen molar-refractivity contribution in [2.24, 2.45) is 0 Å². The molecule has 0 aromatic heterocycles. The van der Waals surface area contributed by atoms with Crippen molar-refractivity contribution >= 4 is 40.6 Å². The summed E-state index contributed by atoms with van der Waals surface area (Å²) >= 11 is 0.603. The number of hydrogen-bond acceptors (Lipinski definition) is 7. The van der Waals surface area contributed by atoms with Crippen LogP contribution in [0, 0.1) is 10.1 Å². The number of hydrogen-bond donors (Lipinski definition) is 0. The molecule has 21 heavy (non-hydrogen) atoms. The summed E-state index contributed by atoms with van der Waals surface area (Å²) in [4.78, 5) is 44.4. The highest BCUT2D eigenvalue weighted by atomic mass is 32.2. The second-order valence-electron chi connectivity index (χ2n) is 3.99. The predicted octanol–water partition coefficient (Wildman–Crippen LogP) is 0.381. The Kier molecular flexibility index (Phi) is 4.03. The Hall–Kier alpha value is -2.68. The van der Waals surface area contributed by atoms with Crippen molar-refractivity contribution < 1.29 is 24.4 Å². The predicted molar refractivity (Wildman–Crippen MR) is 70.8 cm³/mol. The average Bonchev–Trinajstić information content (AvgIpc) is 2.67. The van der Waals surface area contributed by atoms with Gasteiger partial charge in [0.15, 0.2) is 0 Å². The molecule has 0 N–H and O–H groups in total. The number of nitrogens with zero attached hydrogens (tertiary/aromatic N) is 2. The minimum Gasteiger partial charge on any atom is -0.548 e. The zero-order valence-corrected chi connectivity index (χ0v) is 11.2.